The van der Waals surface area contributed by atoms with Gasteiger partial charge in [0.25, 0.3) is 0 Å². The maximum absolute atomic E-state index is 12.0. The number of piperazine rings is 1. The standard InChI is InChI=1S/C17H27N5O2/c1-20-8-10-22(11-9-20)15(14-4-3-7-21(14)2)12-18-16(23)17(24)19-13-5-6-13/h3-4,7,13,15H,5-6,8-12H2,1-2H3,(H,18,23)(H,19,24)/t15-/m0/s1. The van der Waals surface area contributed by atoms with Gasteiger partial charge in [-0.2, -0.15) is 0 Å². The van der Waals surface area contributed by atoms with Crippen LogP contribution in [-0.2, 0) is 16.6 Å². The van der Waals surface area contributed by atoms with E-state index >= 15 is 0 Å². The largest absolute Gasteiger partial charge is 0.353 e. The van der Waals surface area contributed by atoms with Gasteiger partial charge in [0.15, 0.2) is 0 Å². The number of carbonyl (C=O) groups excluding carboxylic acids is 2. The Morgan fingerprint density at radius 3 is 2.46 bits per heavy atom. The van der Waals surface area contributed by atoms with E-state index in [1.807, 2.05) is 19.3 Å². The summed E-state index contributed by atoms with van der Waals surface area (Å²) in [6.45, 7) is 4.37. The number of hydrogen-bond donors (Lipinski definition) is 2. The van der Waals surface area contributed by atoms with Crippen LogP contribution in [-0.4, -0.2) is 72.0 Å². The van der Waals surface area contributed by atoms with Gasteiger partial charge in [0.2, 0.25) is 0 Å². The first-order chi connectivity index (χ1) is 11.5. The first kappa shape index (κ1) is 17.0. The van der Waals surface area contributed by atoms with Gasteiger partial charge in [-0.3, -0.25) is 14.5 Å². The first-order valence-corrected chi connectivity index (χ1v) is 8.67. The van der Waals surface area contributed by atoms with E-state index in [-0.39, 0.29) is 12.1 Å². The minimum atomic E-state index is -0.532. The van der Waals surface area contributed by atoms with Gasteiger partial charge in [-0.25, -0.2) is 0 Å². The number of rotatable bonds is 5. The van der Waals surface area contributed by atoms with Crippen LogP contribution >= 0.6 is 0 Å². The van der Waals surface area contributed by atoms with E-state index in [9.17, 15) is 9.59 Å². The number of nitrogens with one attached hydrogen (secondary N) is 2. The van der Waals surface area contributed by atoms with Crippen molar-refractivity contribution in [1.29, 1.82) is 0 Å². The minimum Gasteiger partial charge on any atom is -0.353 e. The Hall–Kier alpha value is -1.86. The predicted octanol–water partition coefficient (Wildman–Crippen LogP) is -0.292. The molecule has 7 nitrogen and oxygen atoms in total. The summed E-state index contributed by atoms with van der Waals surface area (Å²) in [4.78, 5) is 28.6. The Labute approximate surface area is 143 Å². The van der Waals surface area contributed by atoms with Gasteiger partial charge in [-0.15, -0.1) is 0 Å². The Balaban J connectivity index is 1.62. The predicted molar refractivity (Wildman–Crippen MR) is 91.4 cm³/mol. The van der Waals surface area contributed by atoms with Crippen LogP contribution in [0.1, 0.15) is 24.6 Å². The zero-order valence-electron chi connectivity index (χ0n) is 14.5. The molecule has 1 aromatic heterocycles. The second kappa shape index (κ2) is 7.36. The molecule has 2 heterocycles. The number of likely N-dealkylation sites (N-methyl/N-ethyl adjacent to an activating group) is 1. The van der Waals surface area contributed by atoms with Gasteiger partial charge in [0, 0.05) is 57.7 Å². The van der Waals surface area contributed by atoms with Gasteiger partial charge in [0.05, 0.1) is 6.04 Å². The van der Waals surface area contributed by atoms with Gasteiger partial charge >= 0.3 is 11.8 Å². The molecule has 7 heteroatoms. The highest BCUT2D eigenvalue weighted by Gasteiger charge is 2.29. The van der Waals surface area contributed by atoms with Crippen LogP contribution in [0.3, 0.4) is 0 Å². The average Bonchev–Trinajstić information content (AvgIpc) is 3.28. The lowest BCUT2D eigenvalue weighted by atomic mass is 10.1. The smallest absolute Gasteiger partial charge is 0.309 e. The third-order valence-corrected chi connectivity index (χ3v) is 4.88. The molecule has 2 aliphatic rings. The van der Waals surface area contributed by atoms with Crippen molar-refractivity contribution in [3.63, 3.8) is 0 Å². The molecule has 1 atom stereocenters. The summed E-state index contributed by atoms with van der Waals surface area (Å²) >= 11 is 0. The van der Waals surface area contributed by atoms with Crippen LogP contribution in [0.4, 0.5) is 0 Å². The molecule has 24 heavy (non-hydrogen) atoms. The van der Waals surface area contributed by atoms with Crippen molar-refractivity contribution in [1.82, 2.24) is 25.0 Å². The van der Waals surface area contributed by atoms with E-state index in [1.54, 1.807) is 0 Å². The monoisotopic (exact) mass is 333 g/mol. The topological polar surface area (TPSA) is 69.6 Å². The summed E-state index contributed by atoms with van der Waals surface area (Å²) in [5.74, 6) is -1.04. The summed E-state index contributed by atoms with van der Waals surface area (Å²) in [7, 11) is 4.14. The van der Waals surface area contributed by atoms with Crippen LogP contribution in [0.25, 0.3) is 0 Å². The number of aryl methyl sites for hydroxylation is 1. The summed E-state index contributed by atoms with van der Waals surface area (Å²) in [6.07, 6.45) is 3.97. The van der Waals surface area contributed by atoms with Crippen molar-refractivity contribution in [3.8, 4) is 0 Å². The number of nitrogens with zero attached hydrogens (tertiary/aromatic N) is 3. The van der Waals surface area contributed by atoms with Crippen molar-refractivity contribution in [2.24, 2.45) is 7.05 Å². The van der Waals surface area contributed by atoms with Crippen LogP contribution < -0.4 is 10.6 Å². The molecule has 0 spiro atoms. The van der Waals surface area contributed by atoms with Crippen LogP contribution in [0.15, 0.2) is 18.3 Å². The molecule has 3 rings (SSSR count). The maximum Gasteiger partial charge on any atom is 0.309 e. The van der Waals surface area contributed by atoms with E-state index in [0.717, 1.165) is 44.7 Å². The third kappa shape index (κ3) is 4.15. The molecule has 0 bridgehead atoms. The fourth-order valence-corrected chi connectivity index (χ4v) is 3.12. The number of carbonyl (C=O) groups is 2. The second-order valence-corrected chi connectivity index (χ2v) is 6.86. The molecule has 132 valence electrons. The van der Waals surface area contributed by atoms with Crippen LogP contribution in [0.5, 0.6) is 0 Å². The van der Waals surface area contributed by atoms with E-state index in [1.165, 1.54) is 0 Å². The van der Waals surface area contributed by atoms with E-state index < -0.39 is 11.8 Å². The van der Waals surface area contributed by atoms with Gasteiger partial charge in [0.1, 0.15) is 0 Å². The summed E-state index contributed by atoms with van der Waals surface area (Å²) < 4.78 is 2.08. The fraction of sp³-hybridized carbons (Fsp3) is 0.647. The molecule has 2 amide bonds. The van der Waals surface area contributed by atoms with E-state index in [4.69, 9.17) is 0 Å². The average molecular weight is 333 g/mol. The molecule has 1 aromatic rings. The van der Waals surface area contributed by atoms with Crippen molar-refractivity contribution >= 4 is 11.8 Å². The molecule has 0 aromatic carbocycles. The Bertz CT molecular complexity index is 588. The Morgan fingerprint density at radius 2 is 1.88 bits per heavy atom. The summed E-state index contributed by atoms with van der Waals surface area (Å²) in [5.41, 5.74) is 1.16. The highest BCUT2D eigenvalue weighted by atomic mass is 16.2. The Morgan fingerprint density at radius 1 is 1.17 bits per heavy atom. The first-order valence-electron chi connectivity index (χ1n) is 8.67. The fourth-order valence-electron chi connectivity index (χ4n) is 3.12. The lowest BCUT2D eigenvalue weighted by molar-refractivity contribution is -0.139. The van der Waals surface area contributed by atoms with Crippen molar-refractivity contribution < 1.29 is 9.59 Å². The minimum absolute atomic E-state index is 0.0800. The lowest BCUT2D eigenvalue weighted by Crippen LogP contribution is -2.50. The SMILES string of the molecule is CN1CCN([C@@H](CNC(=O)C(=O)NC2CC2)c2cccn2C)CC1. The zero-order chi connectivity index (χ0) is 17.1. The van der Waals surface area contributed by atoms with Crippen LogP contribution in [0.2, 0.25) is 0 Å². The highest BCUT2D eigenvalue weighted by molar-refractivity contribution is 6.35. The molecule has 2 fully saturated rings. The normalized spacial score (nSPS) is 20.6. The zero-order valence-corrected chi connectivity index (χ0v) is 14.5. The third-order valence-electron chi connectivity index (χ3n) is 4.88. The van der Waals surface area contributed by atoms with Gasteiger partial charge < -0.3 is 20.1 Å². The molecule has 1 saturated carbocycles. The number of aromatic nitrogens is 1. The number of amides is 2. The number of hydrogen-bond acceptors (Lipinski definition) is 4. The second-order valence-electron chi connectivity index (χ2n) is 6.86. The highest BCUT2D eigenvalue weighted by Crippen LogP contribution is 2.22. The van der Waals surface area contributed by atoms with E-state index in [2.05, 4.69) is 38.1 Å². The van der Waals surface area contributed by atoms with Gasteiger partial charge in [-0.05, 0) is 32.0 Å². The van der Waals surface area contributed by atoms with E-state index in [0.29, 0.717) is 6.54 Å². The Kier molecular flexibility index (Phi) is 5.20. The molecular weight excluding hydrogens is 306 g/mol. The molecule has 1 aliphatic carbocycles. The molecule has 0 radical (unpaired) electrons. The molecule has 0 unspecified atom stereocenters. The molecule has 1 saturated heterocycles. The molecular formula is C17H27N5O2. The van der Waals surface area contributed by atoms with Gasteiger partial charge in [-0.1, -0.05) is 0 Å². The summed E-state index contributed by atoms with van der Waals surface area (Å²) in [5, 5.41) is 5.55. The van der Waals surface area contributed by atoms with Crippen molar-refractivity contribution in [2.75, 3.05) is 39.8 Å². The quantitative estimate of drug-likeness (QED) is 0.727. The summed E-state index contributed by atoms with van der Waals surface area (Å²) in [6, 6.07) is 4.38. The van der Waals surface area contributed by atoms with Crippen molar-refractivity contribution in [2.45, 2.75) is 24.9 Å². The molecule has 2 N–H and O–H groups in total. The molecule has 1 aliphatic heterocycles. The maximum atomic E-state index is 12.0. The lowest BCUT2D eigenvalue weighted by Gasteiger charge is -2.38. The van der Waals surface area contributed by atoms with Crippen LogP contribution in [0, 0.1) is 0 Å². The van der Waals surface area contributed by atoms with Crippen molar-refractivity contribution in [3.05, 3.63) is 24.0 Å².